The summed E-state index contributed by atoms with van der Waals surface area (Å²) < 4.78 is 5.27. The lowest BCUT2D eigenvalue weighted by Crippen LogP contribution is -2.46. The van der Waals surface area contributed by atoms with Crippen molar-refractivity contribution >= 4 is 17.9 Å². The van der Waals surface area contributed by atoms with Crippen molar-refractivity contribution in [1.29, 1.82) is 0 Å². The van der Waals surface area contributed by atoms with Crippen LogP contribution in [-0.2, 0) is 20.9 Å². The van der Waals surface area contributed by atoms with Crippen LogP contribution in [0.2, 0.25) is 0 Å². The molecule has 0 aliphatic carbocycles. The third-order valence-corrected chi connectivity index (χ3v) is 4.13. The molecule has 3 amide bonds. The second kappa shape index (κ2) is 9.03. The highest BCUT2D eigenvalue weighted by atomic mass is 16.6. The van der Waals surface area contributed by atoms with Gasteiger partial charge in [0.2, 0.25) is 11.8 Å². The Morgan fingerprint density at radius 3 is 2.48 bits per heavy atom. The van der Waals surface area contributed by atoms with Gasteiger partial charge in [-0.15, -0.1) is 0 Å². The molecule has 1 unspecified atom stereocenters. The number of benzene rings is 1. The van der Waals surface area contributed by atoms with Gasteiger partial charge in [-0.1, -0.05) is 30.3 Å². The van der Waals surface area contributed by atoms with Crippen LogP contribution in [0.25, 0.3) is 0 Å². The van der Waals surface area contributed by atoms with E-state index in [2.05, 4.69) is 5.32 Å². The van der Waals surface area contributed by atoms with Crippen molar-refractivity contribution < 1.29 is 24.2 Å². The predicted octanol–water partition coefficient (Wildman–Crippen LogP) is -0.00240. The number of likely N-dealkylation sites (tertiary alicyclic amines) is 1. The highest BCUT2D eigenvalue weighted by Gasteiger charge is 2.28. The Labute approximate surface area is 145 Å². The molecule has 1 atom stereocenters. The molecule has 136 valence electrons. The summed E-state index contributed by atoms with van der Waals surface area (Å²) in [5, 5.41) is 11.8. The summed E-state index contributed by atoms with van der Waals surface area (Å²) in [7, 11) is 0. The van der Waals surface area contributed by atoms with E-state index in [-0.39, 0.29) is 25.0 Å². The topological polar surface area (TPSA) is 122 Å². The van der Waals surface area contributed by atoms with Crippen LogP contribution in [0.4, 0.5) is 4.79 Å². The standard InChI is InChI=1S/C17H23N3O5/c18-15(22)14(21)10-19-16(23)13-6-8-20(9-7-13)17(24)25-11-12-4-2-1-3-5-12/h1-5,13-14,21H,6-11H2,(H2,18,22)(H,19,23). The van der Waals surface area contributed by atoms with Crippen LogP contribution < -0.4 is 11.1 Å². The Morgan fingerprint density at radius 2 is 1.88 bits per heavy atom. The number of aliphatic hydroxyl groups is 1. The fourth-order valence-corrected chi connectivity index (χ4v) is 2.58. The second-order valence-electron chi connectivity index (χ2n) is 5.96. The fraction of sp³-hybridized carbons (Fsp3) is 0.471. The maximum absolute atomic E-state index is 12.1. The number of carbonyl (C=O) groups excluding carboxylic acids is 3. The number of carbonyl (C=O) groups is 3. The minimum absolute atomic E-state index is 0.201. The summed E-state index contributed by atoms with van der Waals surface area (Å²) in [6, 6.07) is 9.41. The highest BCUT2D eigenvalue weighted by molar-refractivity contribution is 5.82. The summed E-state index contributed by atoms with van der Waals surface area (Å²) in [6.07, 6.45) is -0.790. The lowest BCUT2D eigenvalue weighted by atomic mass is 9.96. The number of primary amides is 1. The first-order chi connectivity index (χ1) is 12.0. The number of nitrogens with zero attached hydrogens (tertiary/aromatic N) is 1. The molecule has 0 bridgehead atoms. The number of nitrogens with two attached hydrogens (primary N) is 1. The monoisotopic (exact) mass is 349 g/mol. The fourth-order valence-electron chi connectivity index (χ4n) is 2.58. The van der Waals surface area contributed by atoms with E-state index in [0.717, 1.165) is 5.56 Å². The number of nitrogens with one attached hydrogen (secondary N) is 1. The van der Waals surface area contributed by atoms with Gasteiger partial charge in [-0.3, -0.25) is 9.59 Å². The maximum Gasteiger partial charge on any atom is 0.410 e. The van der Waals surface area contributed by atoms with E-state index < -0.39 is 18.1 Å². The molecule has 8 nitrogen and oxygen atoms in total. The first-order valence-electron chi connectivity index (χ1n) is 8.18. The zero-order chi connectivity index (χ0) is 18.2. The molecule has 1 heterocycles. The van der Waals surface area contributed by atoms with Gasteiger partial charge in [-0.25, -0.2) is 4.79 Å². The average molecular weight is 349 g/mol. The summed E-state index contributed by atoms with van der Waals surface area (Å²) in [6.45, 7) is 0.854. The second-order valence-corrected chi connectivity index (χ2v) is 5.96. The number of rotatable bonds is 6. The third kappa shape index (κ3) is 5.75. The number of aliphatic hydroxyl groups excluding tert-OH is 1. The summed E-state index contributed by atoms with van der Waals surface area (Å²) >= 11 is 0. The lowest BCUT2D eigenvalue weighted by molar-refractivity contribution is -0.129. The van der Waals surface area contributed by atoms with E-state index in [4.69, 9.17) is 10.5 Å². The highest BCUT2D eigenvalue weighted by Crippen LogP contribution is 2.18. The molecule has 1 fully saturated rings. The molecule has 25 heavy (non-hydrogen) atoms. The normalized spacial score (nSPS) is 16.1. The minimum Gasteiger partial charge on any atom is -0.445 e. The zero-order valence-electron chi connectivity index (χ0n) is 13.9. The lowest BCUT2D eigenvalue weighted by Gasteiger charge is -2.30. The molecule has 2 rings (SSSR count). The van der Waals surface area contributed by atoms with Gasteiger partial charge in [0.05, 0.1) is 6.54 Å². The van der Waals surface area contributed by atoms with E-state index in [0.29, 0.717) is 25.9 Å². The van der Waals surface area contributed by atoms with Gasteiger partial charge >= 0.3 is 6.09 Å². The Bertz CT molecular complexity index is 600. The molecule has 1 aromatic carbocycles. The maximum atomic E-state index is 12.1. The predicted molar refractivity (Wildman–Crippen MR) is 89.1 cm³/mol. The van der Waals surface area contributed by atoms with Crippen LogP contribution in [-0.4, -0.2) is 53.7 Å². The molecule has 8 heteroatoms. The Kier molecular flexibility index (Phi) is 6.76. The molecule has 0 radical (unpaired) electrons. The smallest absolute Gasteiger partial charge is 0.410 e. The molecular weight excluding hydrogens is 326 g/mol. The summed E-state index contributed by atoms with van der Waals surface area (Å²) in [5.41, 5.74) is 5.84. The average Bonchev–Trinajstić information content (AvgIpc) is 2.64. The quantitative estimate of drug-likeness (QED) is 0.667. The van der Waals surface area contributed by atoms with E-state index in [1.807, 2.05) is 30.3 Å². The van der Waals surface area contributed by atoms with Gasteiger partial charge in [-0.05, 0) is 18.4 Å². The van der Waals surface area contributed by atoms with Gasteiger partial charge in [0.15, 0.2) is 0 Å². The van der Waals surface area contributed by atoms with Crippen LogP contribution in [0.3, 0.4) is 0 Å². The van der Waals surface area contributed by atoms with E-state index >= 15 is 0 Å². The molecule has 1 saturated heterocycles. The van der Waals surface area contributed by atoms with Crippen LogP contribution in [0.15, 0.2) is 30.3 Å². The number of hydrogen-bond acceptors (Lipinski definition) is 5. The largest absolute Gasteiger partial charge is 0.445 e. The van der Waals surface area contributed by atoms with Crippen molar-refractivity contribution in [2.75, 3.05) is 19.6 Å². The Hall–Kier alpha value is -2.61. The Balaban J connectivity index is 1.70. The summed E-state index contributed by atoms with van der Waals surface area (Å²) in [4.78, 5) is 36.4. The molecular formula is C17H23N3O5. The van der Waals surface area contributed by atoms with Crippen LogP contribution >= 0.6 is 0 Å². The van der Waals surface area contributed by atoms with Gasteiger partial charge in [0, 0.05) is 19.0 Å². The van der Waals surface area contributed by atoms with E-state index in [9.17, 15) is 19.5 Å². The Morgan fingerprint density at radius 1 is 1.24 bits per heavy atom. The number of ether oxygens (including phenoxy) is 1. The van der Waals surface area contributed by atoms with Gasteiger partial charge in [0.25, 0.3) is 0 Å². The van der Waals surface area contributed by atoms with Crippen molar-refractivity contribution in [3.8, 4) is 0 Å². The minimum atomic E-state index is -1.39. The molecule has 1 aromatic rings. The van der Waals surface area contributed by atoms with Crippen molar-refractivity contribution in [2.45, 2.75) is 25.6 Å². The van der Waals surface area contributed by atoms with Gasteiger partial charge in [-0.2, -0.15) is 0 Å². The molecule has 1 aliphatic rings. The molecule has 1 aliphatic heterocycles. The first-order valence-corrected chi connectivity index (χ1v) is 8.18. The van der Waals surface area contributed by atoms with Crippen molar-refractivity contribution in [3.63, 3.8) is 0 Å². The zero-order valence-corrected chi connectivity index (χ0v) is 13.9. The van der Waals surface area contributed by atoms with Crippen LogP contribution in [0, 0.1) is 5.92 Å². The number of amides is 3. The van der Waals surface area contributed by atoms with Crippen molar-refractivity contribution in [3.05, 3.63) is 35.9 Å². The SMILES string of the molecule is NC(=O)C(O)CNC(=O)C1CCN(C(=O)OCc2ccccc2)CC1. The molecule has 4 N–H and O–H groups in total. The third-order valence-electron chi connectivity index (χ3n) is 4.13. The van der Waals surface area contributed by atoms with E-state index in [1.54, 1.807) is 4.90 Å². The van der Waals surface area contributed by atoms with Crippen LogP contribution in [0.1, 0.15) is 18.4 Å². The molecule has 0 spiro atoms. The van der Waals surface area contributed by atoms with Crippen molar-refractivity contribution in [1.82, 2.24) is 10.2 Å². The van der Waals surface area contributed by atoms with Crippen molar-refractivity contribution in [2.24, 2.45) is 11.7 Å². The summed E-state index contributed by atoms with van der Waals surface area (Å²) in [5.74, 6) is -1.40. The number of hydrogen-bond donors (Lipinski definition) is 3. The molecule has 0 saturated carbocycles. The molecule has 0 aromatic heterocycles. The number of piperidine rings is 1. The van der Waals surface area contributed by atoms with Gasteiger partial charge < -0.3 is 25.8 Å². The van der Waals surface area contributed by atoms with Gasteiger partial charge in [0.1, 0.15) is 12.7 Å². The van der Waals surface area contributed by atoms with E-state index in [1.165, 1.54) is 0 Å². The van der Waals surface area contributed by atoms with Crippen LogP contribution in [0.5, 0.6) is 0 Å². The first kappa shape index (κ1) is 18.7.